The molecule has 3 heterocycles. The van der Waals surface area contributed by atoms with Gasteiger partial charge in [-0.2, -0.15) is 0 Å². The number of benzene rings is 1. The number of carboxylic acid groups (broad SMARTS) is 1. The highest BCUT2D eigenvalue weighted by atomic mass is 32.2. The van der Waals surface area contributed by atoms with Crippen LogP contribution in [0.1, 0.15) is 86.6 Å². The number of thioether (sulfide) groups is 1. The van der Waals surface area contributed by atoms with Crippen molar-refractivity contribution in [3.63, 3.8) is 0 Å². The summed E-state index contributed by atoms with van der Waals surface area (Å²) >= 11 is 1.32. The van der Waals surface area contributed by atoms with Crippen LogP contribution in [0.25, 0.3) is 0 Å². The number of aromatic nitrogens is 1. The van der Waals surface area contributed by atoms with Gasteiger partial charge in [-0.1, -0.05) is 32.4 Å². The molecule has 0 spiro atoms. The average molecular weight is 528 g/mol. The fourth-order valence-corrected chi connectivity index (χ4v) is 6.52. The number of aliphatic carboxylic acids is 1. The molecule has 1 atom stereocenters. The Kier molecular flexibility index (Phi) is 9.88. The topological polar surface area (TPSA) is 65.5 Å². The van der Waals surface area contributed by atoms with Crippen molar-refractivity contribution >= 4 is 23.5 Å². The maximum atomic E-state index is 14.9. The van der Waals surface area contributed by atoms with E-state index < -0.39 is 11.9 Å². The minimum Gasteiger partial charge on any atom is -0.481 e. The van der Waals surface area contributed by atoms with E-state index in [0.29, 0.717) is 10.5 Å². The largest absolute Gasteiger partial charge is 0.481 e. The van der Waals surface area contributed by atoms with Gasteiger partial charge in [0.05, 0.1) is 5.92 Å². The number of pyridine rings is 1. The summed E-state index contributed by atoms with van der Waals surface area (Å²) < 4.78 is 14.9. The first-order valence-electron chi connectivity index (χ1n) is 13.9. The minimum absolute atomic E-state index is 0.0326. The van der Waals surface area contributed by atoms with Crippen molar-refractivity contribution in [1.82, 2.24) is 9.88 Å². The van der Waals surface area contributed by atoms with Crippen LogP contribution in [0.3, 0.4) is 0 Å². The number of rotatable bonds is 11. The molecular formula is C30H42FN3O2S. The number of anilines is 1. The van der Waals surface area contributed by atoms with Crippen LogP contribution in [-0.2, 0) is 17.6 Å². The Morgan fingerprint density at radius 3 is 2.70 bits per heavy atom. The molecule has 1 fully saturated rings. The summed E-state index contributed by atoms with van der Waals surface area (Å²) in [6, 6.07) is 7.92. The molecule has 0 saturated carbocycles. The Morgan fingerprint density at radius 2 is 2.00 bits per heavy atom. The highest BCUT2D eigenvalue weighted by Crippen LogP contribution is 2.40. The van der Waals surface area contributed by atoms with Crippen LogP contribution >= 0.6 is 11.8 Å². The van der Waals surface area contributed by atoms with Gasteiger partial charge in [-0.3, -0.25) is 4.79 Å². The van der Waals surface area contributed by atoms with Gasteiger partial charge in [-0.05, 0) is 111 Å². The van der Waals surface area contributed by atoms with Gasteiger partial charge in [-0.25, -0.2) is 9.37 Å². The van der Waals surface area contributed by atoms with E-state index in [2.05, 4.69) is 22.3 Å². The van der Waals surface area contributed by atoms with E-state index in [-0.39, 0.29) is 17.7 Å². The Morgan fingerprint density at radius 1 is 1.22 bits per heavy atom. The van der Waals surface area contributed by atoms with E-state index in [9.17, 15) is 14.3 Å². The molecule has 2 N–H and O–H groups in total. The number of carboxylic acids is 1. The first-order valence-corrected chi connectivity index (χ1v) is 15.1. The second-order valence-corrected chi connectivity index (χ2v) is 11.7. The molecule has 4 rings (SSSR count). The average Bonchev–Trinajstić information content (AvgIpc) is 2.89. The number of hydrogen-bond acceptors (Lipinski definition) is 5. The summed E-state index contributed by atoms with van der Waals surface area (Å²) in [5, 5.41) is 13.6. The minimum atomic E-state index is -0.833. The van der Waals surface area contributed by atoms with Gasteiger partial charge in [-0.15, -0.1) is 11.8 Å². The molecule has 5 nitrogen and oxygen atoms in total. The van der Waals surface area contributed by atoms with Crippen molar-refractivity contribution in [3.05, 3.63) is 52.5 Å². The van der Waals surface area contributed by atoms with E-state index >= 15 is 0 Å². The molecule has 0 unspecified atom stereocenters. The van der Waals surface area contributed by atoms with Crippen molar-refractivity contribution in [1.29, 1.82) is 0 Å². The monoisotopic (exact) mass is 527 g/mol. The van der Waals surface area contributed by atoms with Crippen LogP contribution < -0.4 is 5.32 Å². The van der Waals surface area contributed by atoms with E-state index in [4.69, 9.17) is 4.98 Å². The maximum Gasteiger partial charge on any atom is 0.311 e. The Hall–Kier alpha value is -2.12. The molecule has 1 saturated heterocycles. The molecule has 2 aromatic rings. The van der Waals surface area contributed by atoms with Crippen LogP contribution in [0.4, 0.5) is 10.2 Å². The molecule has 0 amide bonds. The fourth-order valence-electron chi connectivity index (χ4n) is 5.84. The highest BCUT2D eigenvalue weighted by Gasteiger charge is 2.35. The molecule has 7 heteroatoms. The number of piperidine rings is 1. The van der Waals surface area contributed by atoms with Crippen molar-refractivity contribution in [3.8, 4) is 0 Å². The van der Waals surface area contributed by atoms with E-state index in [0.717, 1.165) is 76.1 Å². The third-order valence-corrected chi connectivity index (χ3v) is 8.87. The number of unbranched alkanes of at least 4 members (excludes halogenated alkanes) is 2. The molecule has 0 radical (unpaired) electrons. The third kappa shape index (κ3) is 7.05. The molecule has 1 aromatic heterocycles. The van der Waals surface area contributed by atoms with Crippen molar-refractivity contribution in [2.24, 2.45) is 5.92 Å². The van der Waals surface area contributed by atoms with Gasteiger partial charge in [0, 0.05) is 17.1 Å². The van der Waals surface area contributed by atoms with Crippen LogP contribution in [0.2, 0.25) is 0 Å². The number of likely N-dealkylation sites (tertiary alicyclic amines) is 1. The molecule has 1 aromatic carbocycles. The SMILES string of the molecule is CSc1c(F)cc(C(C)C)cc1[C@H](C(=O)O)C1CCN(CCCCCc2ccc3c(n2)NCCC3)CC1. The summed E-state index contributed by atoms with van der Waals surface area (Å²) in [6.07, 6.45) is 10.3. The Labute approximate surface area is 225 Å². The number of aryl methyl sites for hydroxylation is 2. The quantitative estimate of drug-likeness (QED) is 0.250. The lowest BCUT2D eigenvalue weighted by Gasteiger charge is -2.35. The van der Waals surface area contributed by atoms with Gasteiger partial charge in [0.25, 0.3) is 0 Å². The van der Waals surface area contributed by atoms with Crippen LogP contribution in [0.5, 0.6) is 0 Å². The van der Waals surface area contributed by atoms with Gasteiger partial charge < -0.3 is 15.3 Å². The Balaban J connectivity index is 1.26. The van der Waals surface area contributed by atoms with Crippen molar-refractivity contribution < 1.29 is 14.3 Å². The number of nitrogens with one attached hydrogen (secondary N) is 1. The third-order valence-electron chi connectivity index (χ3n) is 8.03. The number of fused-ring (bicyclic) bond motifs is 1. The molecule has 202 valence electrons. The van der Waals surface area contributed by atoms with Gasteiger partial charge in [0.1, 0.15) is 11.6 Å². The Bertz CT molecular complexity index is 1070. The number of carbonyl (C=O) groups is 1. The van der Waals surface area contributed by atoms with Crippen LogP contribution in [-0.4, -0.2) is 53.4 Å². The zero-order chi connectivity index (χ0) is 26.4. The van der Waals surface area contributed by atoms with Crippen molar-refractivity contribution in [2.75, 3.05) is 37.8 Å². The second kappa shape index (κ2) is 13.1. The summed E-state index contributed by atoms with van der Waals surface area (Å²) in [5.41, 5.74) is 4.05. The first-order chi connectivity index (χ1) is 17.9. The maximum absolute atomic E-state index is 14.9. The van der Waals surface area contributed by atoms with E-state index in [1.165, 1.54) is 35.9 Å². The predicted octanol–water partition coefficient (Wildman–Crippen LogP) is 6.72. The number of halogens is 1. The lowest BCUT2D eigenvalue weighted by Crippen LogP contribution is -2.38. The number of hydrogen-bond donors (Lipinski definition) is 2. The lowest BCUT2D eigenvalue weighted by molar-refractivity contribution is -0.140. The molecule has 0 aliphatic carbocycles. The second-order valence-electron chi connectivity index (χ2n) is 10.9. The summed E-state index contributed by atoms with van der Waals surface area (Å²) in [4.78, 5) is 20.2. The molecule has 0 bridgehead atoms. The molecule has 37 heavy (non-hydrogen) atoms. The highest BCUT2D eigenvalue weighted by molar-refractivity contribution is 7.98. The zero-order valence-electron chi connectivity index (χ0n) is 22.6. The van der Waals surface area contributed by atoms with Gasteiger partial charge in [0.15, 0.2) is 0 Å². The van der Waals surface area contributed by atoms with E-state index in [1.54, 1.807) is 6.07 Å². The number of nitrogens with zero attached hydrogens (tertiary/aromatic N) is 2. The summed E-state index contributed by atoms with van der Waals surface area (Å²) in [7, 11) is 0. The van der Waals surface area contributed by atoms with Crippen LogP contribution in [0.15, 0.2) is 29.2 Å². The first kappa shape index (κ1) is 27.9. The zero-order valence-corrected chi connectivity index (χ0v) is 23.4. The predicted molar refractivity (Wildman–Crippen MR) is 150 cm³/mol. The summed E-state index contributed by atoms with van der Waals surface area (Å²) in [5.74, 6) is -0.518. The standard InChI is InChI=1S/C30H42FN3O2S/c1-20(2)23-18-25(28(37-3)26(31)19-23)27(30(35)36)21-12-16-34(17-13-21)15-6-4-5-9-24-11-10-22-8-7-14-32-29(22)33-24/h10-11,18-21,27H,4-9,12-17H2,1-3H3,(H,32,33)(H,35,36)/t27-/m1/s1. The van der Waals surface area contributed by atoms with Crippen molar-refractivity contribution in [2.45, 2.75) is 81.9 Å². The van der Waals surface area contributed by atoms with Gasteiger partial charge in [0.2, 0.25) is 0 Å². The van der Waals surface area contributed by atoms with Gasteiger partial charge >= 0.3 is 5.97 Å². The van der Waals surface area contributed by atoms with Crippen LogP contribution in [0, 0.1) is 11.7 Å². The normalized spacial score (nSPS) is 17.4. The molecular weight excluding hydrogens is 485 g/mol. The summed E-state index contributed by atoms with van der Waals surface area (Å²) in [6.45, 7) is 7.93. The fraction of sp³-hybridized carbons (Fsp3) is 0.600. The van der Waals surface area contributed by atoms with E-state index in [1.807, 2.05) is 26.2 Å². The smallest absolute Gasteiger partial charge is 0.311 e. The molecule has 2 aliphatic rings. The lowest BCUT2D eigenvalue weighted by atomic mass is 9.79. The molecule has 2 aliphatic heterocycles.